The Balaban J connectivity index is 2.86. The van der Waals surface area contributed by atoms with Gasteiger partial charge in [-0.3, -0.25) is 0 Å². The summed E-state index contributed by atoms with van der Waals surface area (Å²) in [5.74, 6) is -0.297. The molecular formula is C11H17ClF3N5O. The Kier molecular flexibility index (Phi) is 5.57. The Hall–Kier alpha value is -1.35. The van der Waals surface area contributed by atoms with E-state index in [0.29, 0.717) is 0 Å². The van der Waals surface area contributed by atoms with Crippen LogP contribution in [0.1, 0.15) is 27.2 Å². The van der Waals surface area contributed by atoms with Gasteiger partial charge in [0.1, 0.15) is 6.04 Å². The molecular weight excluding hydrogens is 311 g/mol. The molecule has 0 amide bonds. The maximum atomic E-state index is 12.7. The minimum absolute atomic E-state index is 0.0170. The van der Waals surface area contributed by atoms with Crippen molar-refractivity contribution in [1.82, 2.24) is 15.0 Å². The molecule has 21 heavy (non-hydrogen) atoms. The summed E-state index contributed by atoms with van der Waals surface area (Å²) >= 11 is 5.65. The van der Waals surface area contributed by atoms with Crippen molar-refractivity contribution in [2.24, 2.45) is 0 Å². The van der Waals surface area contributed by atoms with E-state index in [2.05, 4.69) is 25.6 Å². The number of anilines is 2. The summed E-state index contributed by atoms with van der Waals surface area (Å²) in [6.07, 6.45) is -4.60. The molecule has 6 nitrogen and oxygen atoms in total. The van der Waals surface area contributed by atoms with Crippen LogP contribution >= 0.6 is 11.6 Å². The third-order valence-corrected chi connectivity index (χ3v) is 2.56. The van der Waals surface area contributed by atoms with Gasteiger partial charge < -0.3 is 15.7 Å². The van der Waals surface area contributed by atoms with Gasteiger partial charge in [-0.1, -0.05) is 6.92 Å². The molecule has 0 saturated heterocycles. The third-order valence-electron chi connectivity index (χ3n) is 2.39. The number of alkyl halides is 3. The number of hydrogen-bond acceptors (Lipinski definition) is 6. The van der Waals surface area contributed by atoms with Gasteiger partial charge in [0.05, 0.1) is 5.60 Å². The van der Waals surface area contributed by atoms with Crippen LogP contribution in [0.5, 0.6) is 0 Å². The second-order valence-electron chi connectivity index (χ2n) is 5.06. The largest absolute Gasteiger partial charge is 0.408 e. The van der Waals surface area contributed by atoms with E-state index in [1.807, 2.05) is 0 Å². The van der Waals surface area contributed by atoms with E-state index >= 15 is 0 Å². The number of halogens is 4. The normalized spacial score (nSPS) is 13.9. The van der Waals surface area contributed by atoms with Crippen LogP contribution in [-0.2, 0) is 0 Å². The van der Waals surface area contributed by atoms with Crippen molar-refractivity contribution < 1.29 is 18.3 Å². The molecule has 1 heterocycles. The van der Waals surface area contributed by atoms with Crippen molar-refractivity contribution in [3.05, 3.63) is 5.28 Å². The lowest BCUT2D eigenvalue weighted by Gasteiger charge is -2.21. The van der Waals surface area contributed by atoms with Gasteiger partial charge >= 0.3 is 6.18 Å². The fourth-order valence-corrected chi connectivity index (χ4v) is 1.52. The topological polar surface area (TPSA) is 83.0 Å². The standard InChI is InChI=1S/C11H17ClF3N5O/c1-4-6(11(13,14)15)17-9-19-7(12)18-8(20-9)16-5-10(2,3)21/h6,21H,4-5H2,1-3H3,(H2,16,17,18,19,20)/t6-/m1/s1. The maximum absolute atomic E-state index is 12.7. The second kappa shape index (κ2) is 6.61. The fourth-order valence-electron chi connectivity index (χ4n) is 1.36. The summed E-state index contributed by atoms with van der Waals surface area (Å²) in [5.41, 5.74) is -1.04. The van der Waals surface area contributed by atoms with Gasteiger partial charge in [0, 0.05) is 6.54 Å². The molecule has 10 heteroatoms. The van der Waals surface area contributed by atoms with E-state index in [-0.39, 0.29) is 30.1 Å². The molecule has 0 bridgehead atoms. The number of aliphatic hydroxyl groups is 1. The van der Waals surface area contributed by atoms with Crippen LogP contribution in [-0.4, -0.2) is 44.4 Å². The highest BCUT2D eigenvalue weighted by Crippen LogP contribution is 2.25. The summed E-state index contributed by atoms with van der Waals surface area (Å²) in [6, 6.07) is -1.78. The zero-order valence-corrected chi connectivity index (χ0v) is 12.5. The molecule has 0 fully saturated rings. The Morgan fingerprint density at radius 1 is 1.19 bits per heavy atom. The minimum Gasteiger partial charge on any atom is -0.389 e. The van der Waals surface area contributed by atoms with E-state index in [9.17, 15) is 18.3 Å². The number of hydrogen-bond donors (Lipinski definition) is 3. The number of rotatable bonds is 6. The molecule has 0 spiro atoms. The summed E-state index contributed by atoms with van der Waals surface area (Å²) in [6.45, 7) is 4.60. The zero-order valence-electron chi connectivity index (χ0n) is 11.8. The molecule has 0 aliphatic rings. The van der Waals surface area contributed by atoms with E-state index in [1.54, 1.807) is 13.8 Å². The summed E-state index contributed by atoms with van der Waals surface area (Å²) < 4.78 is 38.1. The predicted octanol–water partition coefficient (Wildman–Crippen LogP) is 2.46. The first kappa shape index (κ1) is 17.7. The Morgan fingerprint density at radius 2 is 1.76 bits per heavy atom. The van der Waals surface area contributed by atoms with Crippen LogP contribution < -0.4 is 10.6 Å². The molecule has 0 aliphatic heterocycles. The van der Waals surface area contributed by atoms with Crippen LogP contribution in [0.15, 0.2) is 0 Å². The molecule has 1 aromatic heterocycles. The van der Waals surface area contributed by atoms with Gasteiger partial charge in [0.15, 0.2) is 0 Å². The van der Waals surface area contributed by atoms with E-state index in [4.69, 9.17) is 11.6 Å². The Morgan fingerprint density at radius 3 is 2.24 bits per heavy atom. The number of nitrogens with one attached hydrogen (secondary N) is 2. The van der Waals surface area contributed by atoms with Gasteiger partial charge in [-0.25, -0.2) is 0 Å². The van der Waals surface area contributed by atoms with E-state index in [0.717, 1.165) is 0 Å². The molecule has 1 atom stereocenters. The molecule has 3 N–H and O–H groups in total. The monoisotopic (exact) mass is 327 g/mol. The smallest absolute Gasteiger partial charge is 0.389 e. The first-order valence-electron chi connectivity index (χ1n) is 6.22. The van der Waals surface area contributed by atoms with E-state index in [1.165, 1.54) is 6.92 Å². The lowest BCUT2D eigenvalue weighted by Crippen LogP contribution is -2.36. The van der Waals surface area contributed by atoms with Gasteiger partial charge in [-0.05, 0) is 31.9 Å². The lowest BCUT2D eigenvalue weighted by molar-refractivity contribution is -0.143. The maximum Gasteiger partial charge on any atom is 0.408 e. The Bertz CT molecular complexity index is 478. The molecule has 0 aliphatic carbocycles. The van der Waals surface area contributed by atoms with Crippen LogP contribution in [0.25, 0.3) is 0 Å². The first-order valence-corrected chi connectivity index (χ1v) is 6.60. The number of aromatic nitrogens is 3. The van der Waals surface area contributed by atoms with Crippen LogP contribution in [0.2, 0.25) is 5.28 Å². The average Bonchev–Trinajstić information content (AvgIpc) is 2.30. The van der Waals surface area contributed by atoms with Crippen molar-refractivity contribution in [3.8, 4) is 0 Å². The molecule has 1 rings (SSSR count). The van der Waals surface area contributed by atoms with Crippen molar-refractivity contribution in [3.63, 3.8) is 0 Å². The minimum atomic E-state index is -4.42. The van der Waals surface area contributed by atoms with Crippen LogP contribution in [0.4, 0.5) is 25.1 Å². The van der Waals surface area contributed by atoms with Gasteiger partial charge in [0.2, 0.25) is 17.2 Å². The highest BCUT2D eigenvalue weighted by molar-refractivity contribution is 6.28. The summed E-state index contributed by atoms with van der Waals surface area (Å²) in [4.78, 5) is 11.1. The van der Waals surface area contributed by atoms with Crippen LogP contribution in [0.3, 0.4) is 0 Å². The third kappa shape index (κ3) is 6.30. The van der Waals surface area contributed by atoms with Crippen molar-refractivity contribution in [2.45, 2.75) is 45.0 Å². The van der Waals surface area contributed by atoms with Crippen molar-refractivity contribution in [1.29, 1.82) is 0 Å². The van der Waals surface area contributed by atoms with E-state index < -0.39 is 17.8 Å². The SMILES string of the molecule is CC[C@@H](Nc1nc(Cl)nc(NCC(C)(C)O)n1)C(F)(F)F. The highest BCUT2D eigenvalue weighted by atomic mass is 35.5. The summed E-state index contributed by atoms with van der Waals surface area (Å²) in [5, 5.41) is 14.2. The lowest BCUT2D eigenvalue weighted by atomic mass is 10.1. The molecule has 0 aromatic carbocycles. The molecule has 0 radical (unpaired) electrons. The predicted molar refractivity (Wildman–Crippen MR) is 73.4 cm³/mol. The van der Waals surface area contributed by atoms with Gasteiger partial charge in [-0.2, -0.15) is 28.1 Å². The zero-order chi connectivity index (χ0) is 16.3. The van der Waals surface area contributed by atoms with Gasteiger partial charge in [-0.15, -0.1) is 0 Å². The highest BCUT2D eigenvalue weighted by Gasteiger charge is 2.38. The fraction of sp³-hybridized carbons (Fsp3) is 0.727. The first-order chi connectivity index (χ1) is 9.51. The van der Waals surface area contributed by atoms with Crippen LogP contribution in [0, 0.1) is 0 Å². The molecule has 0 saturated carbocycles. The van der Waals surface area contributed by atoms with Crippen molar-refractivity contribution >= 4 is 23.5 Å². The molecule has 0 unspecified atom stereocenters. The summed E-state index contributed by atoms with van der Waals surface area (Å²) in [7, 11) is 0. The second-order valence-corrected chi connectivity index (χ2v) is 5.40. The van der Waals surface area contributed by atoms with Crippen molar-refractivity contribution in [2.75, 3.05) is 17.2 Å². The molecule has 120 valence electrons. The number of nitrogens with zero attached hydrogens (tertiary/aromatic N) is 3. The molecule has 1 aromatic rings. The van der Waals surface area contributed by atoms with Gasteiger partial charge in [0.25, 0.3) is 0 Å². The average molecular weight is 328 g/mol. The quantitative estimate of drug-likeness (QED) is 0.744. The Labute approximate surface area is 125 Å².